The normalized spacial score (nSPS) is 10.5. The molecule has 8 heteroatoms. The Kier molecular flexibility index (Phi) is 3.33. The third-order valence-corrected chi connectivity index (χ3v) is 2.99. The monoisotopic (exact) mass is 301 g/mol. The van der Waals surface area contributed by atoms with Crippen molar-refractivity contribution in [3.63, 3.8) is 0 Å². The molecule has 0 unspecified atom stereocenters. The predicted molar refractivity (Wildman–Crippen MR) is 74.4 cm³/mol. The van der Waals surface area contributed by atoms with Crippen molar-refractivity contribution in [1.82, 2.24) is 25.2 Å². The van der Waals surface area contributed by atoms with Crippen LogP contribution in [0.15, 0.2) is 42.5 Å². The molecule has 0 aliphatic heterocycles. The molecule has 0 amide bonds. The summed E-state index contributed by atoms with van der Waals surface area (Å²) in [6.45, 7) is 0. The van der Waals surface area contributed by atoms with E-state index in [0.29, 0.717) is 5.82 Å². The van der Waals surface area contributed by atoms with Crippen molar-refractivity contribution in [3.8, 4) is 17.2 Å². The van der Waals surface area contributed by atoms with Gasteiger partial charge in [-0.05, 0) is 17.3 Å². The Bertz CT molecular complexity index is 803. The van der Waals surface area contributed by atoms with E-state index in [1.165, 1.54) is 12.1 Å². The Labute approximate surface area is 123 Å². The van der Waals surface area contributed by atoms with Gasteiger partial charge in [0.2, 0.25) is 5.82 Å². The van der Waals surface area contributed by atoms with Crippen LogP contribution < -0.4 is 0 Å². The van der Waals surface area contributed by atoms with E-state index in [0.717, 1.165) is 10.4 Å². The number of tetrazole rings is 1. The van der Waals surface area contributed by atoms with Gasteiger partial charge in [0.05, 0.1) is 5.02 Å². The van der Waals surface area contributed by atoms with Gasteiger partial charge in [0, 0.05) is 5.56 Å². The molecule has 104 valence electrons. The minimum Gasteiger partial charge on any atom is -0.476 e. The Morgan fingerprint density at radius 3 is 2.62 bits per heavy atom. The molecule has 0 bridgehead atoms. The van der Waals surface area contributed by atoms with Gasteiger partial charge >= 0.3 is 5.97 Å². The number of benzene rings is 1. The molecule has 0 radical (unpaired) electrons. The third-order valence-electron chi connectivity index (χ3n) is 2.68. The smallest absolute Gasteiger partial charge is 0.356 e. The summed E-state index contributed by atoms with van der Waals surface area (Å²) in [6, 6.07) is 12.2. The second kappa shape index (κ2) is 5.29. The molecule has 2 heterocycles. The van der Waals surface area contributed by atoms with E-state index in [2.05, 4.69) is 20.4 Å². The molecule has 3 rings (SSSR count). The number of nitrogens with zero attached hydrogens (tertiary/aromatic N) is 5. The molecule has 0 saturated carbocycles. The van der Waals surface area contributed by atoms with Crippen LogP contribution in [0.2, 0.25) is 5.02 Å². The molecule has 0 aliphatic carbocycles. The maximum absolute atomic E-state index is 11.0. The van der Waals surface area contributed by atoms with E-state index in [-0.39, 0.29) is 16.5 Å². The number of carbonyl (C=O) groups is 1. The van der Waals surface area contributed by atoms with Crippen molar-refractivity contribution in [1.29, 1.82) is 0 Å². The Hall–Kier alpha value is -2.80. The summed E-state index contributed by atoms with van der Waals surface area (Å²) >= 11 is 5.77. The maximum atomic E-state index is 11.0. The lowest BCUT2D eigenvalue weighted by molar-refractivity contribution is 0.0690. The average molecular weight is 302 g/mol. The van der Waals surface area contributed by atoms with Crippen molar-refractivity contribution < 1.29 is 9.90 Å². The van der Waals surface area contributed by atoms with Gasteiger partial charge in [-0.1, -0.05) is 41.9 Å². The first-order valence-corrected chi connectivity index (χ1v) is 6.28. The summed E-state index contributed by atoms with van der Waals surface area (Å²) in [5, 5.41) is 21.0. The van der Waals surface area contributed by atoms with Crippen LogP contribution in [0.1, 0.15) is 10.5 Å². The van der Waals surface area contributed by atoms with Crippen molar-refractivity contribution in [2.24, 2.45) is 0 Å². The predicted octanol–water partition coefficient (Wildman–Crippen LogP) is 2.08. The number of carboxylic acid groups (broad SMARTS) is 1. The quantitative estimate of drug-likeness (QED) is 0.796. The lowest BCUT2D eigenvalue weighted by Gasteiger charge is -2.01. The van der Waals surface area contributed by atoms with Crippen LogP contribution in [-0.2, 0) is 0 Å². The van der Waals surface area contributed by atoms with Crippen LogP contribution in [-0.4, -0.2) is 36.3 Å². The van der Waals surface area contributed by atoms with Gasteiger partial charge in [-0.25, -0.2) is 9.78 Å². The second-order valence-electron chi connectivity index (χ2n) is 4.07. The minimum atomic E-state index is -1.22. The summed E-state index contributed by atoms with van der Waals surface area (Å²) in [7, 11) is 0. The molecule has 0 saturated heterocycles. The highest BCUT2D eigenvalue weighted by Crippen LogP contribution is 2.17. The molecule has 2 aromatic heterocycles. The van der Waals surface area contributed by atoms with Crippen molar-refractivity contribution in [2.45, 2.75) is 0 Å². The molecule has 21 heavy (non-hydrogen) atoms. The zero-order valence-corrected chi connectivity index (χ0v) is 11.3. The fraction of sp³-hybridized carbons (Fsp3) is 0. The first kappa shape index (κ1) is 13.2. The van der Waals surface area contributed by atoms with E-state index < -0.39 is 5.97 Å². The van der Waals surface area contributed by atoms with Crippen LogP contribution in [0.25, 0.3) is 17.2 Å². The number of aromatic nitrogens is 5. The maximum Gasteiger partial charge on any atom is 0.356 e. The number of rotatable bonds is 3. The summed E-state index contributed by atoms with van der Waals surface area (Å²) in [5.41, 5.74) is 0.545. The van der Waals surface area contributed by atoms with Gasteiger partial charge in [-0.15, -0.1) is 15.0 Å². The van der Waals surface area contributed by atoms with E-state index in [9.17, 15) is 4.79 Å². The SMILES string of the molecule is O=C(O)c1nc(-n2nnc(-c3ccccc3)n2)ccc1Cl. The molecular weight excluding hydrogens is 294 g/mol. The third kappa shape index (κ3) is 2.59. The molecule has 3 aromatic rings. The summed E-state index contributed by atoms with van der Waals surface area (Å²) in [4.78, 5) is 16.1. The van der Waals surface area contributed by atoms with E-state index in [1.807, 2.05) is 30.3 Å². The van der Waals surface area contributed by atoms with E-state index >= 15 is 0 Å². The van der Waals surface area contributed by atoms with Crippen LogP contribution in [0.5, 0.6) is 0 Å². The highest BCUT2D eigenvalue weighted by molar-refractivity contribution is 6.33. The molecular formula is C13H8ClN5O2. The average Bonchev–Trinajstić information content (AvgIpc) is 2.98. The van der Waals surface area contributed by atoms with Gasteiger partial charge in [-0.2, -0.15) is 0 Å². The first-order chi connectivity index (χ1) is 10.1. The Morgan fingerprint density at radius 2 is 1.90 bits per heavy atom. The van der Waals surface area contributed by atoms with Crippen LogP contribution in [0.4, 0.5) is 0 Å². The van der Waals surface area contributed by atoms with Gasteiger partial charge < -0.3 is 5.11 Å². The van der Waals surface area contributed by atoms with Crippen LogP contribution >= 0.6 is 11.6 Å². The number of aromatic carboxylic acids is 1. The summed E-state index contributed by atoms with van der Waals surface area (Å²) < 4.78 is 0. The summed E-state index contributed by atoms with van der Waals surface area (Å²) in [6.07, 6.45) is 0. The van der Waals surface area contributed by atoms with Gasteiger partial charge in [0.1, 0.15) is 0 Å². The summed E-state index contributed by atoms with van der Waals surface area (Å²) in [5.74, 6) is -0.569. The topological polar surface area (TPSA) is 93.8 Å². The van der Waals surface area contributed by atoms with Gasteiger partial charge in [0.25, 0.3) is 0 Å². The standard InChI is InChI=1S/C13H8ClN5O2/c14-9-6-7-10(15-11(9)13(20)21)19-17-12(16-18-19)8-4-2-1-3-5-8/h1-7H,(H,20,21). The number of carboxylic acids is 1. The molecule has 0 aliphatic rings. The zero-order valence-electron chi connectivity index (χ0n) is 10.5. The first-order valence-electron chi connectivity index (χ1n) is 5.91. The number of hydrogen-bond acceptors (Lipinski definition) is 5. The molecule has 1 N–H and O–H groups in total. The zero-order chi connectivity index (χ0) is 14.8. The number of pyridine rings is 1. The largest absolute Gasteiger partial charge is 0.476 e. The minimum absolute atomic E-state index is 0.0506. The van der Waals surface area contributed by atoms with Crippen LogP contribution in [0.3, 0.4) is 0 Å². The molecule has 0 fully saturated rings. The molecule has 0 atom stereocenters. The molecule has 7 nitrogen and oxygen atoms in total. The molecule has 0 spiro atoms. The highest BCUT2D eigenvalue weighted by atomic mass is 35.5. The van der Waals surface area contributed by atoms with Crippen molar-refractivity contribution in [3.05, 3.63) is 53.2 Å². The number of halogens is 1. The van der Waals surface area contributed by atoms with Gasteiger partial charge in [-0.3, -0.25) is 0 Å². The fourth-order valence-electron chi connectivity index (χ4n) is 1.71. The van der Waals surface area contributed by atoms with E-state index in [1.54, 1.807) is 0 Å². The van der Waals surface area contributed by atoms with Gasteiger partial charge in [0.15, 0.2) is 11.5 Å². The van der Waals surface area contributed by atoms with Crippen molar-refractivity contribution in [2.75, 3.05) is 0 Å². The van der Waals surface area contributed by atoms with Crippen LogP contribution in [0, 0.1) is 0 Å². The Morgan fingerprint density at radius 1 is 1.14 bits per heavy atom. The number of hydrogen-bond donors (Lipinski definition) is 1. The van der Waals surface area contributed by atoms with Crippen molar-refractivity contribution >= 4 is 17.6 Å². The lowest BCUT2D eigenvalue weighted by Crippen LogP contribution is -2.08. The fourth-order valence-corrected chi connectivity index (χ4v) is 1.89. The second-order valence-corrected chi connectivity index (χ2v) is 4.48. The molecule has 1 aromatic carbocycles. The highest BCUT2D eigenvalue weighted by Gasteiger charge is 2.14. The van der Waals surface area contributed by atoms with E-state index in [4.69, 9.17) is 16.7 Å². The lowest BCUT2D eigenvalue weighted by atomic mass is 10.2. The Balaban J connectivity index is 2.01.